The lowest BCUT2D eigenvalue weighted by Crippen LogP contribution is -2.28. The Bertz CT molecular complexity index is 510. The lowest BCUT2D eigenvalue weighted by Gasteiger charge is -2.16. The van der Waals surface area contributed by atoms with E-state index in [-0.39, 0.29) is 17.7 Å². The molecule has 1 fully saturated rings. The molecule has 0 spiro atoms. The maximum atomic E-state index is 11.7. The summed E-state index contributed by atoms with van der Waals surface area (Å²) in [5, 5.41) is 0. The van der Waals surface area contributed by atoms with Crippen molar-refractivity contribution in [2.45, 2.75) is 25.3 Å². The van der Waals surface area contributed by atoms with Crippen LogP contribution in [0.3, 0.4) is 0 Å². The maximum absolute atomic E-state index is 11.7. The van der Waals surface area contributed by atoms with Gasteiger partial charge in [0, 0.05) is 36.7 Å². The van der Waals surface area contributed by atoms with Gasteiger partial charge in [-0.1, -0.05) is 6.07 Å². The summed E-state index contributed by atoms with van der Waals surface area (Å²) in [6.07, 6.45) is 1.80. The second kappa shape index (κ2) is 3.67. The summed E-state index contributed by atoms with van der Waals surface area (Å²) in [6, 6.07) is 5.60. The monoisotopic (exact) mass is 230 g/mol. The van der Waals surface area contributed by atoms with E-state index >= 15 is 0 Å². The highest BCUT2D eigenvalue weighted by molar-refractivity contribution is 6.03. The molecule has 0 aromatic heterocycles. The molecule has 0 bridgehead atoms. The number of ketones is 1. The van der Waals surface area contributed by atoms with Crippen LogP contribution in [0, 0.1) is 0 Å². The van der Waals surface area contributed by atoms with Gasteiger partial charge in [0.05, 0.1) is 0 Å². The van der Waals surface area contributed by atoms with E-state index in [1.54, 1.807) is 4.90 Å². The Hall–Kier alpha value is -1.68. The number of fused-ring (bicyclic) bond motifs is 1. The summed E-state index contributed by atoms with van der Waals surface area (Å²) < 4.78 is 0. The fraction of sp³-hybridized carbons (Fsp3) is 0.385. The second-order valence-electron chi connectivity index (χ2n) is 4.73. The van der Waals surface area contributed by atoms with E-state index < -0.39 is 0 Å². The van der Waals surface area contributed by atoms with Gasteiger partial charge in [0.1, 0.15) is 0 Å². The summed E-state index contributed by atoms with van der Waals surface area (Å²) >= 11 is 0. The number of hydrogen-bond donors (Lipinski definition) is 1. The fourth-order valence-corrected chi connectivity index (χ4v) is 2.58. The first kappa shape index (κ1) is 10.5. The van der Waals surface area contributed by atoms with Crippen molar-refractivity contribution in [3.63, 3.8) is 0 Å². The Morgan fingerprint density at radius 2 is 2.06 bits per heavy atom. The van der Waals surface area contributed by atoms with E-state index in [0.717, 1.165) is 23.2 Å². The average molecular weight is 230 g/mol. The van der Waals surface area contributed by atoms with Crippen LogP contribution in [0.15, 0.2) is 18.2 Å². The van der Waals surface area contributed by atoms with Crippen molar-refractivity contribution in [3.05, 3.63) is 29.3 Å². The van der Waals surface area contributed by atoms with Crippen molar-refractivity contribution in [1.82, 2.24) is 0 Å². The predicted octanol–water partition coefficient (Wildman–Crippen LogP) is 0.879. The SMILES string of the molecule is NC1CC(=O)N(c2ccc3c(c2)C(=O)CC3)C1. The van der Waals surface area contributed by atoms with Gasteiger partial charge in [0.2, 0.25) is 5.91 Å². The molecule has 1 unspecified atom stereocenters. The lowest BCUT2D eigenvalue weighted by atomic mass is 10.1. The number of benzene rings is 1. The molecule has 1 aromatic rings. The maximum Gasteiger partial charge on any atom is 0.228 e. The summed E-state index contributed by atoms with van der Waals surface area (Å²) in [5.74, 6) is 0.223. The van der Waals surface area contributed by atoms with Crippen LogP contribution in [0.4, 0.5) is 5.69 Å². The third-order valence-corrected chi connectivity index (χ3v) is 3.48. The topological polar surface area (TPSA) is 63.4 Å². The summed E-state index contributed by atoms with van der Waals surface area (Å²) in [5.41, 5.74) is 8.43. The normalized spacial score (nSPS) is 23.4. The number of Topliss-reactive ketones (excluding diaryl/α,β-unsaturated/α-hetero) is 1. The molecule has 4 heteroatoms. The molecule has 2 N–H and O–H groups in total. The van der Waals surface area contributed by atoms with Gasteiger partial charge in [-0.3, -0.25) is 9.59 Å². The molecule has 1 aliphatic heterocycles. The summed E-state index contributed by atoms with van der Waals surface area (Å²) in [7, 11) is 0. The number of carbonyl (C=O) groups excluding carboxylic acids is 2. The number of nitrogens with zero attached hydrogens (tertiary/aromatic N) is 1. The van der Waals surface area contributed by atoms with Gasteiger partial charge in [-0.25, -0.2) is 0 Å². The van der Waals surface area contributed by atoms with E-state index in [1.807, 2.05) is 18.2 Å². The van der Waals surface area contributed by atoms with Gasteiger partial charge >= 0.3 is 0 Å². The van der Waals surface area contributed by atoms with E-state index in [0.29, 0.717) is 19.4 Å². The second-order valence-corrected chi connectivity index (χ2v) is 4.73. The fourth-order valence-electron chi connectivity index (χ4n) is 2.58. The molecule has 1 aromatic carbocycles. The third kappa shape index (κ3) is 1.65. The summed E-state index contributed by atoms with van der Waals surface area (Å²) in [4.78, 5) is 25.1. The highest BCUT2D eigenvalue weighted by Crippen LogP contribution is 2.28. The van der Waals surface area contributed by atoms with Crippen LogP contribution in [-0.4, -0.2) is 24.3 Å². The Labute approximate surface area is 99.4 Å². The zero-order valence-corrected chi connectivity index (χ0v) is 9.48. The molecule has 0 radical (unpaired) electrons. The largest absolute Gasteiger partial charge is 0.326 e. The van der Waals surface area contributed by atoms with Gasteiger partial charge < -0.3 is 10.6 Å². The zero-order valence-electron chi connectivity index (χ0n) is 9.48. The minimum absolute atomic E-state index is 0.0443. The molecule has 3 rings (SSSR count). The van der Waals surface area contributed by atoms with Crippen LogP contribution < -0.4 is 10.6 Å². The highest BCUT2D eigenvalue weighted by Gasteiger charge is 2.29. The smallest absolute Gasteiger partial charge is 0.228 e. The van der Waals surface area contributed by atoms with Crippen molar-refractivity contribution in [1.29, 1.82) is 0 Å². The Balaban J connectivity index is 1.97. The molecule has 1 amide bonds. The highest BCUT2D eigenvalue weighted by atomic mass is 16.2. The third-order valence-electron chi connectivity index (χ3n) is 3.48. The predicted molar refractivity (Wildman–Crippen MR) is 64.0 cm³/mol. The molecular weight excluding hydrogens is 216 g/mol. The minimum atomic E-state index is -0.0912. The van der Waals surface area contributed by atoms with Crippen LogP contribution in [0.5, 0.6) is 0 Å². The molecule has 4 nitrogen and oxygen atoms in total. The summed E-state index contributed by atoms with van der Waals surface area (Å²) in [6.45, 7) is 0.547. The van der Waals surface area contributed by atoms with Crippen molar-refractivity contribution >= 4 is 17.4 Å². The van der Waals surface area contributed by atoms with Gasteiger partial charge in [-0.2, -0.15) is 0 Å². The first-order valence-corrected chi connectivity index (χ1v) is 5.87. The number of anilines is 1. The van der Waals surface area contributed by atoms with Crippen LogP contribution in [0.1, 0.15) is 28.8 Å². The van der Waals surface area contributed by atoms with Crippen LogP contribution >= 0.6 is 0 Å². The Morgan fingerprint density at radius 3 is 2.76 bits per heavy atom. The van der Waals surface area contributed by atoms with Gasteiger partial charge in [0.25, 0.3) is 0 Å². The first-order valence-electron chi connectivity index (χ1n) is 5.87. The number of nitrogens with two attached hydrogens (primary N) is 1. The van der Waals surface area contributed by atoms with Gasteiger partial charge in [-0.15, -0.1) is 0 Å². The van der Waals surface area contributed by atoms with E-state index in [4.69, 9.17) is 5.73 Å². The molecule has 88 valence electrons. The number of carbonyl (C=O) groups is 2. The van der Waals surface area contributed by atoms with Crippen molar-refractivity contribution in [2.75, 3.05) is 11.4 Å². The van der Waals surface area contributed by atoms with Crippen LogP contribution in [-0.2, 0) is 11.2 Å². The Morgan fingerprint density at radius 1 is 1.24 bits per heavy atom. The van der Waals surface area contributed by atoms with Crippen molar-refractivity contribution in [3.8, 4) is 0 Å². The van der Waals surface area contributed by atoms with Gasteiger partial charge in [-0.05, 0) is 24.1 Å². The Kier molecular flexibility index (Phi) is 2.26. The molecule has 1 saturated heterocycles. The molecule has 1 aliphatic carbocycles. The molecule has 0 saturated carbocycles. The average Bonchev–Trinajstić information content (AvgIpc) is 2.83. The van der Waals surface area contributed by atoms with E-state index in [2.05, 4.69) is 0 Å². The number of hydrogen-bond acceptors (Lipinski definition) is 3. The van der Waals surface area contributed by atoms with E-state index in [9.17, 15) is 9.59 Å². The van der Waals surface area contributed by atoms with Gasteiger partial charge in [0.15, 0.2) is 5.78 Å². The standard InChI is InChI=1S/C13H14N2O2/c14-9-5-13(17)15(7-9)10-3-1-8-2-4-12(16)11(8)6-10/h1,3,6,9H,2,4-5,7,14H2. The zero-order chi connectivity index (χ0) is 12.0. The molecule has 2 aliphatic rings. The number of amides is 1. The van der Waals surface area contributed by atoms with Crippen LogP contribution in [0.25, 0.3) is 0 Å². The number of rotatable bonds is 1. The minimum Gasteiger partial charge on any atom is -0.326 e. The van der Waals surface area contributed by atoms with Crippen LogP contribution in [0.2, 0.25) is 0 Å². The molecule has 17 heavy (non-hydrogen) atoms. The number of aryl methyl sites for hydroxylation is 1. The first-order chi connectivity index (χ1) is 8.15. The molecule has 1 heterocycles. The quantitative estimate of drug-likeness (QED) is 0.779. The van der Waals surface area contributed by atoms with E-state index in [1.165, 1.54) is 0 Å². The van der Waals surface area contributed by atoms with Crippen molar-refractivity contribution in [2.24, 2.45) is 5.73 Å². The molecule has 1 atom stereocenters. The molecular formula is C13H14N2O2. The van der Waals surface area contributed by atoms with Crippen molar-refractivity contribution < 1.29 is 9.59 Å². The lowest BCUT2D eigenvalue weighted by molar-refractivity contribution is -0.117.